The van der Waals surface area contributed by atoms with E-state index in [0.29, 0.717) is 23.0 Å². The van der Waals surface area contributed by atoms with Crippen LogP contribution in [-0.4, -0.2) is 27.2 Å². The fourth-order valence-corrected chi connectivity index (χ4v) is 1.75. The Hall–Kier alpha value is -0.350. The maximum atomic E-state index is 9.80. The van der Waals surface area contributed by atoms with E-state index in [-0.39, 0.29) is 0 Å². The number of nitrogens with zero attached hydrogens (tertiary/aromatic N) is 1. The van der Waals surface area contributed by atoms with Gasteiger partial charge in [-0.25, -0.2) is 4.98 Å². The number of aliphatic hydroxyl groups is 2. The average molecular weight is 250 g/mol. The molecule has 2 unspecified atom stereocenters. The zero-order valence-electron chi connectivity index (χ0n) is 8.32. The molecule has 0 spiro atoms. The number of halogens is 2. The van der Waals surface area contributed by atoms with Crippen LogP contribution in [0.5, 0.6) is 0 Å². The first-order valence-corrected chi connectivity index (χ1v) is 5.51. The van der Waals surface area contributed by atoms with Crippen molar-refractivity contribution in [1.29, 1.82) is 0 Å². The highest BCUT2D eigenvalue weighted by Gasteiger charge is 2.19. The normalized spacial score (nSPS) is 15.0. The molecule has 0 saturated carbocycles. The molecule has 3 nitrogen and oxygen atoms in total. The predicted molar refractivity (Wildman–Crippen MR) is 60.3 cm³/mol. The van der Waals surface area contributed by atoms with Crippen LogP contribution in [0.1, 0.15) is 23.7 Å². The van der Waals surface area contributed by atoms with E-state index < -0.39 is 12.2 Å². The summed E-state index contributed by atoms with van der Waals surface area (Å²) in [5.74, 6) is 0.304. The van der Waals surface area contributed by atoms with Crippen molar-refractivity contribution in [3.8, 4) is 0 Å². The van der Waals surface area contributed by atoms with Crippen molar-refractivity contribution in [3.63, 3.8) is 0 Å². The summed E-state index contributed by atoms with van der Waals surface area (Å²) < 4.78 is 0. The van der Waals surface area contributed by atoms with Gasteiger partial charge in [-0.05, 0) is 25.0 Å². The highest BCUT2D eigenvalue weighted by Crippen LogP contribution is 2.23. The Balaban J connectivity index is 2.86. The van der Waals surface area contributed by atoms with Crippen LogP contribution in [0.4, 0.5) is 0 Å². The SMILES string of the molecule is Cc1cc(Cl)ncc1C(O)C(O)CCCl. The van der Waals surface area contributed by atoms with Crippen molar-refractivity contribution in [2.45, 2.75) is 25.6 Å². The molecular weight excluding hydrogens is 237 g/mol. The zero-order valence-corrected chi connectivity index (χ0v) is 9.83. The van der Waals surface area contributed by atoms with Crippen molar-refractivity contribution < 1.29 is 10.2 Å². The second-order valence-electron chi connectivity index (χ2n) is 3.35. The van der Waals surface area contributed by atoms with Crippen molar-refractivity contribution in [2.24, 2.45) is 0 Å². The van der Waals surface area contributed by atoms with Crippen molar-refractivity contribution >= 4 is 23.2 Å². The molecule has 1 heterocycles. The molecule has 0 saturated heterocycles. The molecule has 0 amide bonds. The third-order valence-corrected chi connectivity index (χ3v) is 2.63. The van der Waals surface area contributed by atoms with Crippen molar-refractivity contribution in [1.82, 2.24) is 4.98 Å². The van der Waals surface area contributed by atoms with Crippen LogP contribution in [0, 0.1) is 6.92 Å². The van der Waals surface area contributed by atoms with Gasteiger partial charge in [-0.2, -0.15) is 0 Å². The number of aromatic nitrogens is 1. The average Bonchev–Trinajstić information content (AvgIpc) is 2.17. The molecule has 0 fully saturated rings. The summed E-state index contributed by atoms with van der Waals surface area (Å²) in [6.45, 7) is 1.81. The number of hydrogen-bond donors (Lipinski definition) is 2. The minimum absolute atomic E-state index is 0.304. The second kappa shape index (κ2) is 5.66. The Morgan fingerprint density at radius 3 is 2.67 bits per heavy atom. The minimum Gasteiger partial charge on any atom is -0.390 e. The summed E-state index contributed by atoms with van der Waals surface area (Å²) in [6, 6.07) is 1.65. The summed E-state index contributed by atoms with van der Waals surface area (Å²) in [5.41, 5.74) is 1.38. The molecule has 0 aliphatic rings. The van der Waals surface area contributed by atoms with Crippen molar-refractivity contribution in [3.05, 3.63) is 28.5 Å². The number of alkyl halides is 1. The topological polar surface area (TPSA) is 53.4 Å². The Kier molecular flexibility index (Phi) is 4.80. The summed E-state index contributed by atoms with van der Waals surface area (Å²) in [5, 5.41) is 19.7. The lowest BCUT2D eigenvalue weighted by Crippen LogP contribution is -2.19. The molecule has 84 valence electrons. The van der Waals surface area contributed by atoms with Gasteiger partial charge in [-0.3, -0.25) is 0 Å². The molecule has 2 N–H and O–H groups in total. The molecule has 0 aromatic carbocycles. The van der Waals surface area contributed by atoms with Crippen LogP contribution in [0.2, 0.25) is 5.15 Å². The van der Waals surface area contributed by atoms with Crippen LogP contribution >= 0.6 is 23.2 Å². The molecule has 0 aliphatic heterocycles. The molecular formula is C10H13Cl2NO2. The fraction of sp³-hybridized carbons (Fsp3) is 0.500. The van der Waals surface area contributed by atoms with Gasteiger partial charge in [0.25, 0.3) is 0 Å². The van der Waals surface area contributed by atoms with Crippen LogP contribution in [0.15, 0.2) is 12.3 Å². The van der Waals surface area contributed by atoms with E-state index in [1.165, 1.54) is 6.20 Å². The predicted octanol–water partition coefficient (Wildman–Crippen LogP) is 2.07. The molecule has 0 bridgehead atoms. The van der Waals surface area contributed by atoms with E-state index in [2.05, 4.69) is 4.98 Å². The first-order valence-electron chi connectivity index (χ1n) is 4.60. The van der Waals surface area contributed by atoms with Crippen LogP contribution in [0.25, 0.3) is 0 Å². The van der Waals surface area contributed by atoms with E-state index in [1.807, 2.05) is 0 Å². The van der Waals surface area contributed by atoms with Gasteiger partial charge in [0, 0.05) is 17.6 Å². The Bertz CT molecular complexity index is 333. The maximum Gasteiger partial charge on any atom is 0.129 e. The molecule has 1 rings (SSSR count). The Labute approximate surface area is 98.7 Å². The van der Waals surface area contributed by atoms with Crippen LogP contribution in [0.3, 0.4) is 0 Å². The quantitative estimate of drug-likeness (QED) is 0.635. The monoisotopic (exact) mass is 249 g/mol. The molecule has 15 heavy (non-hydrogen) atoms. The summed E-state index contributed by atoms with van der Waals surface area (Å²) in [6.07, 6.45) is -0.0254. The van der Waals surface area contributed by atoms with Gasteiger partial charge in [-0.15, -0.1) is 11.6 Å². The van der Waals surface area contributed by atoms with Crippen LogP contribution < -0.4 is 0 Å². The first-order chi connectivity index (χ1) is 7.06. The lowest BCUT2D eigenvalue weighted by Gasteiger charge is -2.18. The number of hydrogen-bond acceptors (Lipinski definition) is 3. The lowest BCUT2D eigenvalue weighted by atomic mass is 10.0. The number of pyridine rings is 1. The van der Waals surface area contributed by atoms with Gasteiger partial charge >= 0.3 is 0 Å². The molecule has 5 heteroatoms. The minimum atomic E-state index is -0.964. The summed E-state index contributed by atoms with van der Waals surface area (Å²) >= 11 is 11.2. The van der Waals surface area contributed by atoms with Gasteiger partial charge in [0.1, 0.15) is 11.3 Å². The molecule has 0 aliphatic carbocycles. The van der Waals surface area contributed by atoms with E-state index in [4.69, 9.17) is 23.2 Å². The third kappa shape index (κ3) is 3.31. The van der Waals surface area contributed by atoms with Gasteiger partial charge in [-0.1, -0.05) is 11.6 Å². The molecule has 0 radical (unpaired) electrons. The third-order valence-electron chi connectivity index (χ3n) is 2.21. The number of aliphatic hydroxyl groups excluding tert-OH is 2. The van der Waals surface area contributed by atoms with Crippen molar-refractivity contribution in [2.75, 3.05) is 5.88 Å². The number of rotatable bonds is 4. The largest absolute Gasteiger partial charge is 0.390 e. The Morgan fingerprint density at radius 2 is 2.13 bits per heavy atom. The van der Waals surface area contributed by atoms with Gasteiger partial charge < -0.3 is 10.2 Å². The van der Waals surface area contributed by atoms with Gasteiger partial charge in [0.15, 0.2) is 0 Å². The molecule has 2 atom stereocenters. The Morgan fingerprint density at radius 1 is 1.47 bits per heavy atom. The van der Waals surface area contributed by atoms with Gasteiger partial charge in [0.05, 0.1) is 6.10 Å². The first kappa shape index (κ1) is 12.7. The maximum absolute atomic E-state index is 9.80. The standard InChI is InChI=1S/C10H13Cl2NO2/c1-6-4-9(12)13-5-7(6)10(15)8(14)2-3-11/h4-5,8,10,14-15H,2-3H2,1H3. The van der Waals surface area contributed by atoms with E-state index >= 15 is 0 Å². The van der Waals surface area contributed by atoms with E-state index in [9.17, 15) is 10.2 Å². The van der Waals surface area contributed by atoms with E-state index in [1.54, 1.807) is 13.0 Å². The second-order valence-corrected chi connectivity index (χ2v) is 4.12. The van der Waals surface area contributed by atoms with Gasteiger partial charge in [0.2, 0.25) is 0 Å². The van der Waals surface area contributed by atoms with E-state index in [0.717, 1.165) is 5.56 Å². The number of aryl methyl sites for hydroxylation is 1. The molecule has 1 aromatic heterocycles. The summed E-state index contributed by atoms with van der Waals surface area (Å²) in [4.78, 5) is 3.86. The smallest absolute Gasteiger partial charge is 0.129 e. The fourth-order valence-electron chi connectivity index (χ4n) is 1.32. The van der Waals surface area contributed by atoms with Crippen LogP contribution in [-0.2, 0) is 0 Å². The highest BCUT2D eigenvalue weighted by atomic mass is 35.5. The zero-order chi connectivity index (χ0) is 11.4. The summed E-state index contributed by atoms with van der Waals surface area (Å²) in [7, 11) is 0. The lowest BCUT2D eigenvalue weighted by molar-refractivity contribution is 0.0164. The highest BCUT2D eigenvalue weighted by molar-refractivity contribution is 6.29. The molecule has 1 aromatic rings.